The Bertz CT molecular complexity index is 590. The van der Waals surface area contributed by atoms with E-state index in [0.29, 0.717) is 12.5 Å². The van der Waals surface area contributed by atoms with E-state index in [4.69, 9.17) is 0 Å². The van der Waals surface area contributed by atoms with Gasteiger partial charge in [0.1, 0.15) is 0 Å². The molecule has 0 saturated carbocycles. The molecule has 1 saturated heterocycles. The summed E-state index contributed by atoms with van der Waals surface area (Å²) in [5.74, 6) is 0.331. The fraction of sp³-hybridized carbons (Fsp3) is 0.556. The molecule has 1 aliphatic heterocycles. The molecule has 3 amide bonds. The van der Waals surface area contributed by atoms with E-state index >= 15 is 0 Å². The Morgan fingerprint density at radius 1 is 1.33 bits per heavy atom. The highest BCUT2D eigenvalue weighted by Gasteiger charge is 2.29. The molecule has 6 nitrogen and oxygen atoms in total. The highest BCUT2D eigenvalue weighted by molar-refractivity contribution is 5.89. The third-order valence-corrected chi connectivity index (χ3v) is 4.64. The molecular weight excluding hydrogens is 304 g/mol. The van der Waals surface area contributed by atoms with Crippen molar-refractivity contribution in [3.8, 4) is 0 Å². The van der Waals surface area contributed by atoms with E-state index in [-0.39, 0.29) is 18.0 Å². The number of likely N-dealkylation sites (tertiary alicyclic amines) is 1. The number of carbonyl (C=O) groups is 2. The zero-order chi connectivity index (χ0) is 17.7. The highest BCUT2D eigenvalue weighted by atomic mass is 16.2. The smallest absolute Gasteiger partial charge is 0.317 e. The third kappa shape index (κ3) is 4.71. The van der Waals surface area contributed by atoms with E-state index in [1.54, 1.807) is 0 Å². The molecule has 0 aliphatic carbocycles. The molecule has 0 unspecified atom stereocenters. The van der Waals surface area contributed by atoms with Gasteiger partial charge in [0.2, 0.25) is 5.91 Å². The summed E-state index contributed by atoms with van der Waals surface area (Å²) in [5, 5.41) is 5.76. The van der Waals surface area contributed by atoms with Gasteiger partial charge in [-0.3, -0.25) is 4.79 Å². The molecule has 0 radical (unpaired) electrons. The molecule has 0 spiro atoms. The number of hydrogen-bond acceptors (Lipinski definition) is 3. The Kier molecular flexibility index (Phi) is 6.20. The maximum atomic E-state index is 12.5. The summed E-state index contributed by atoms with van der Waals surface area (Å²) in [7, 11) is 3.98. The molecule has 6 heteroatoms. The number of nitrogens with zero attached hydrogens (tertiary/aromatic N) is 2. The predicted molar refractivity (Wildman–Crippen MR) is 95.8 cm³/mol. The summed E-state index contributed by atoms with van der Waals surface area (Å²) in [4.78, 5) is 27.9. The van der Waals surface area contributed by atoms with Crippen molar-refractivity contribution in [3.05, 3.63) is 29.8 Å². The first-order valence-electron chi connectivity index (χ1n) is 8.43. The van der Waals surface area contributed by atoms with Crippen LogP contribution in [0.1, 0.15) is 25.8 Å². The van der Waals surface area contributed by atoms with Gasteiger partial charge < -0.3 is 20.4 Å². The fourth-order valence-corrected chi connectivity index (χ4v) is 3.35. The van der Waals surface area contributed by atoms with E-state index in [0.717, 1.165) is 30.8 Å². The predicted octanol–water partition coefficient (Wildman–Crippen LogP) is 2.13. The maximum absolute atomic E-state index is 12.5. The molecule has 2 N–H and O–H groups in total. The molecule has 0 aromatic heterocycles. The minimum atomic E-state index is -0.119. The molecule has 1 fully saturated rings. The first kappa shape index (κ1) is 18.3. The number of rotatable bonds is 4. The largest absolute Gasteiger partial charge is 0.334 e. The quantitative estimate of drug-likeness (QED) is 0.888. The Hall–Kier alpha value is -2.08. The summed E-state index contributed by atoms with van der Waals surface area (Å²) < 4.78 is 0. The van der Waals surface area contributed by atoms with Gasteiger partial charge in [-0.1, -0.05) is 25.1 Å². The van der Waals surface area contributed by atoms with Crippen molar-refractivity contribution in [2.75, 3.05) is 32.5 Å². The lowest BCUT2D eigenvalue weighted by atomic mass is 9.93. The molecule has 1 aromatic carbocycles. The van der Waals surface area contributed by atoms with Gasteiger partial charge in [0.05, 0.1) is 0 Å². The molecule has 2 rings (SSSR count). The van der Waals surface area contributed by atoms with Crippen LogP contribution in [-0.2, 0) is 11.3 Å². The van der Waals surface area contributed by atoms with Crippen LogP contribution in [0.5, 0.6) is 0 Å². The first-order chi connectivity index (χ1) is 11.4. The molecule has 132 valence electrons. The maximum Gasteiger partial charge on any atom is 0.317 e. The summed E-state index contributed by atoms with van der Waals surface area (Å²) in [6, 6.07) is 7.69. The number of hydrogen-bond donors (Lipinski definition) is 2. The Labute approximate surface area is 144 Å². The number of carbonyl (C=O) groups excluding carboxylic acids is 2. The van der Waals surface area contributed by atoms with Crippen LogP contribution in [0.2, 0.25) is 0 Å². The van der Waals surface area contributed by atoms with Crippen LogP contribution >= 0.6 is 0 Å². The topological polar surface area (TPSA) is 64.7 Å². The molecule has 24 heavy (non-hydrogen) atoms. The van der Waals surface area contributed by atoms with E-state index in [1.807, 2.05) is 36.2 Å². The van der Waals surface area contributed by atoms with Crippen molar-refractivity contribution in [2.45, 2.75) is 32.9 Å². The van der Waals surface area contributed by atoms with Gasteiger partial charge in [-0.05, 0) is 37.6 Å². The van der Waals surface area contributed by atoms with Crippen LogP contribution < -0.4 is 10.6 Å². The number of benzene rings is 1. The van der Waals surface area contributed by atoms with Crippen molar-refractivity contribution in [1.82, 2.24) is 15.1 Å². The lowest BCUT2D eigenvalue weighted by Crippen LogP contribution is -2.52. The summed E-state index contributed by atoms with van der Waals surface area (Å²) in [6.07, 6.45) is 0.990. The van der Waals surface area contributed by atoms with Gasteiger partial charge in [0.15, 0.2) is 0 Å². The minimum absolute atomic E-state index is 0.0750. The molecule has 1 aromatic rings. The number of urea groups is 1. The van der Waals surface area contributed by atoms with Crippen molar-refractivity contribution in [2.24, 2.45) is 5.92 Å². The Morgan fingerprint density at radius 2 is 2.04 bits per heavy atom. The first-order valence-corrected chi connectivity index (χ1v) is 8.43. The van der Waals surface area contributed by atoms with E-state index in [1.165, 1.54) is 6.92 Å². The minimum Gasteiger partial charge on any atom is -0.334 e. The van der Waals surface area contributed by atoms with Gasteiger partial charge in [0, 0.05) is 38.8 Å². The zero-order valence-corrected chi connectivity index (χ0v) is 15.0. The molecule has 1 heterocycles. The SMILES string of the molecule is CC(=O)Nc1ccccc1CNC(=O)N(C)[C@@H]1CCN(C)C[C@@H]1C. The fourth-order valence-electron chi connectivity index (χ4n) is 3.35. The summed E-state index contributed by atoms with van der Waals surface area (Å²) in [6.45, 7) is 6.08. The Balaban J connectivity index is 1.94. The van der Waals surface area contributed by atoms with E-state index in [2.05, 4.69) is 29.5 Å². The van der Waals surface area contributed by atoms with Crippen LogP contribution in [0.4, 0.5) is 10.5 Å². The monoisotopic (exact) mass is 332 g/mol. The molecule has 0 bridgehead atoms. The standard InChI is InChI=1S/C18H28N4O2/c1-13-12-21(3)10-9-17(13)22(4)18(24)19-11-15-7-5-6-8-16(15)20-14(2)23/h5-8,13,17H,9-12H2,1-4H3,(H,19,24)(H,20,23)/t13-,17+/m0/s1. The Morgan fingerprint density at radius 3 is 2.71 bits per heavy atom. The lowest BCUT2D eigenvalue weighted by Gasteiger charge is -2.39. The second kappa shape index (κ2) is 8.15. The zero-order valence-electron chi connectivity index (χ0n) is 15.0. The van der Waals surface area contributed by atoms with Crippen LogP contribution in [0.3, 0.4) is 0 Å². The number of amides is 3. The molecular formula is C18H28N4O2. The van der Waals surface area contributed by atoms with Gasteiger partial charge in [-0.15, -0.1) is 0 Å². The lowest BCUT2D eigenvalue weighted by molar-refractivity contribution is -0.114. The van der Waals surface area contributed by atoms with E-state index < -0.39 is 0 Å². The second-order valence-electron chi connectivity index (χ2n) is 6.70. The van der Waals surface area contributed by atoms with Gasteiger partial charge in [-0.25, -0.2) is 4.79 Å². The highest BCUT2D eigenvalue weighted by Crippen LogP contribution is 2.20. The van der Waals surface area contributed by atoms with Crippen LogP contribution in [0, 0.1) is 5.92 Å². The van der Waals surface area contributed by atoms with E-state index in [9.17, 15) is 9.59 Å². The summed E-state index contributed by atoms with van der Waals surface area (Å²) >= 11 is 0. The van der Waals surface area contributed by atoms with Crippen LogP contribution in [0.25, 0.3) is 0 Å². The average molecular weight is 332 g/mol. The summed E-state index contributed by atoms with van der Waals surface area (Å²) in [5.41, 5.74) is 1.63. The van der Waals surface area contributed by atoms with Crippen molar-refractivity contribution >= 4 is 17.6 Å². The number of anilines is 1. The second-order valence-corrected chi connectivity index (χ2v) is 6.70. The molecule has 2 atom stereocenters. The van der Waals surface area contributed by atoms with Gasteiger partial charge in [0.25, 0.3) is 0 Å². The van der Waals surface area contributed by atoms with Gasteiger partial charge in [-0.2, -0.15) is 0 Å². The van der Waals surface area contributed by atoms with Gasteiger partial charge >= 0.3 is 6.03 Å². The normalized spacial score (nSPS) is 21.2. The molecule has 1 aliphatic rings. The number of piperidine rings is 1. The van der Waals surface area contributed by atoms with Crippen LogP contribution in [-0.4, -0.2) is 55.0 Å². The van der Waals surface area contributed by atoms with Crippen molar-refractivity contribution in [3.63, 3.8) is 0 Å². The average Bonchev–Trinajstić information content (AvgIpc) is 2.52. The number of nitrogens with one attached hydrogen (secondary N) is 2. The number of para-hydroxylation sites is 1. The van der Waals surface area contributed by atoms with Crippen molar-refractivity contribution < 1.29 is 9.59 Å². The third-order valence-electron chi connectivity index (χ3n) is 4.64. The van der Waals surface area contributed by atoms with Crippen LogP contribution in [0.15, 0.2) is 24.3 Å². The van der Waals surface area contributed by atoms with Crippen molar-refractivity contribution in [1.29, 1.82) is 0 Å².